The number of carbonyl (C=O) groups excluding carboxylic acids is 1. The van der Waals surface area contributed by atoms with E-state index in [1.165, 1.54) is 17.8 Å². The molecule has 0 atom stereocenters. The molecule has 2 aromatic carbocycles. The van der Waals surface area contributed by atoms with Gasteiger partial charge in [-0.05, 0) is 47.7 Å². The highest BCUT2D eigenvalue weighted by molar-refractivity contribution is 6.20. The first-order valence-corrected chi connectivity index (χ1v) is 12.9. The standard InChI is InChI=1S/C29H33N5O/c1-4-20-12-22-23(13-25(20)34-9-7-33(8-10-34)17-19-15-31-16-19)29(2,3)28-26(27(22)35)21-6-5-18(14-30)11-24(21)32-28/h5-6,11-13,19,31-32H,4,7-10,15-17H2,1-3H3. The predicted octanol–water partition coefficient (Wildman–Crippen LogP) is 3.81. The average molecular weight is 468 g/mol. The third-order valence-electron chi connectivity index (χ3n) is 8.39. The Labute approximate surface area is 206 Å². The highest BCUT2D eigenvalue weighted by Crippen LogP contribution is 2.45. The fourth-order valence-corrected chi connectivity index (χ4v) is 6.17. The molecule has 0 saturated carbocycles. The molecular weight excluding hydrogens is 434 g/mol. The van der Waals surface area contributed by atoms with E-state index in [0.29, 0.717) is 5.56 Å². The number of aromatic amines is 1. The fourth-order valence-electron chi connectivity index (χ4n) is 6.17. The lowest BCUT2D eigenvalue weighted by molar-refractivity contribution is 0.103. The van der Waals surface area contributed by atoms with Gasteiger partial charge in [-0.15, -0.1) is 0 Å². The largest absolute Gasteiger partial charge is 0.369 e. The van der Waals surface area contributed by atoms with Gasteiger partial charge < -0.3 is 15.2 Å². The topological polar surface area (TPSA) is 75.2 Å². The number of anilines is 1. The molecule has 35 heavy (non-hydrogen) atoms. The molecule has 2 N–H and O–H groups in total. The number of aryl methyl sites for hydroxylation is 1. The molecule has 0 unspecified atom stereocenters. The number of fused-ring (bicyclic) bond motifs is 4. The van der Waals surface area contributed by atoms with Gasteiger partial charge in [-0.2, -0.15) is 5.26 Å². The van der Waals surface area contributed by atoms with Gasteiger partial charge in [0.25, 0.3) is 0 Å². The number of rotatable bonds is 4. The fraction of sp³-hybridized carbons (Fsp3) is 0.448. The molecule has 6 rings (SSSR count). The molecule has 0 bridgehead atoms. The van der Waals surface area contributed by atoms with E-state index in [9.17, 15) is 10.1 Å². The summed E-state index contributed by atoms with van der Waals surface area (Å²) in [5.41, 5.74) is 7.28. The zero-order chi connectivity index (χ0) is 24.3. The van der Waals surface area contributed by atoms with E-state index >= 15 is 0 Å². The number of aromatic nitrogens is 1. The van der Waals surface area contributed by atoms with E-state index in [2.05, 4.69) is 59.1 Å². The van der Waals surface area contributed by atoms with Crippen LogP contribution < -0.4 is 10.2 Å². The quantitative estimate of drug-likeness (QED) is 0.610. The van der Waals surface area contributed by atoms with Crippen molar-refractivity contribution in [1.82, 2.24) is 15.2 Å². The molecule has 3 aliphatic rings. The first-order valence-electron chi connectivity index (χ1n) is 12.9. The molecule has 6 nitrogen and oxygen atoms in total. The molecular formula is C29H33N5O. The molecule has 2 fully saturated rings. The van der Waals surface area contributed by atoms with E-state index in [1.54, 1.807) is 6.07 Å². The Balaban J connectivity index is 1.37. The van der Waals surface area contributed by atoms with Gasteiger partial charge in [0.05, 0.1) is 17.2 Å². The van der Waals surface area contributed by atoms with Crippen LogP contribution in [0.5, 0.6) is 0 Å². The van der Waals surface area contributed by atoms with Gasteiger partial charge in [0.2, 0.25) is 0 Å². The molecule has 1 aliphatic carbocycles. The third-order valence-corrected chi connectivity index (χ3v) is 8.39. The van der Waals surface area contributed by atoms with Gasteiger partial charge in [-0.1, -0.05) is 26.8 Å². The Morgan fingerprint density at radius 2 is 1.89 bits per heavy atom. The summed E-state index contributed by atoms with van der Waals surface area (Å²) in [6, 6.07) is 12.2. The number of carbonyl (C=O) groups is 1. The maximum atomic E-state index is 13.9. The first kappa shape index (κ1) is 22.3. The van der Waals surface area contributed by atoms with Gasteiger partial charge in [0.1, 0.15) is 0 Å². The van der Waals surface area contributed by atoms with Gasteiger partial charge in [0, 0.05) is 79.1 Å². The van der Waals surface area contributed by atoms with E-state index in [0.717, 1.165) is 84.9 Å². The Kier molecular flexibility index (Phi) is 5.24. The lowest BCUT2D eigenvalue weighted by Crippen LogP contribution is -2.53. The summed E-state index contributed by atoms with van der Waals surface area (Å²) in [5.74, 6) is 0.892. The number of H-pyrrole nitrogens is 1. The molecule has 0 spiro atoms. The Hall–Kier alpha value is -3.14. The monoisotopic (exact) mass is 467 g/mol. The smallest absolute Gasteiger partial charge is 0.195 e. The molecule has 180 valence electrons. The number of ketones is 1. The third kappa shape index (κ3) is 3.49. The van der Waals surface area contributed by atoms with Crippen LogP contribution >= 0.6 is 0 Å². The van der Waals surface area contributed by atoms with E-state index in [1.807, 2.05) is 12.1 Å². The van der Waals surface area contributed by atoms with Crippen molar-refractivity contribution in [2.75, 3.05) is 50.7 Å². The number of benzene rings is 2. The molecule has 1 aromatic heterocycles. The minimum absolute atomic E-state index is 0.0884. The van der Waals surface area contributed by atoms with Gasteiger partial charge >= 0.3 is 0 Å². The summed E-state index contributed by atoms with van der Waals surface area (Å²) in [4.78, 5) is 22.5. The van der Waals surface area contributed by atoms with Crippen LogP contribution in [0.1, 0.15) is 59.1 Å². The minimum Gasteiger partial charge on any atom is -0.369 e. The second kappa shape index (κ2) is 8.22. The Bertz CT molecular complexity index is 1370. The lowest BCUT2D eigenvalue weighted by Gasteiger charge is -2.41. The highest BCUT2D eigenvalue weighted by atomic mass is 16.1. The number of hydrogen-bond donors (Lipinski definition) is 2. The highest BCUT2D eigenvalue weighted by Gasteiger charge is 2.40. The van der Waals surface area contributed by atoms with Crippen molar-refractivity contribution in [2.24, 2.45) is 5.92 Å². The summed E-state index contributed by atoms with van der Waals surface area (Å²) in [6.45, 7) is 14.3. The van der Waals surface area contributed by atoms with Gasteiger partial charge in [-0.25, -0.2) is 0 Å². The van der Waals surface area contributed by atoms with Crippen molar-refractivity contribution in [3.63, 3.8) is 0 Å². The van der Waals surface area contributed by atoms with E-state index in [4.69, 9.17) is 0 Å². The second-order valence-corrected chi connectivity index (χ2v) is 10.9. The number of nitrogens with one attached hydrogen (secondary N) is 2. The maximum Gasteiger partial charge on any atom is 0.195 e. The Morgan fingerprint density at radius 1 is 1.11 bits per heavy atom. The van der Waals surface area contributed by atoms with Crippen LogP contribution in [0.25, 0.3) is 10.9 Å². The van der Waals surface area contributed by atoms with Crippen LogP contribution in [0.15, 0.2) is 30.3 Å². The van der Waals surface area contributed by atoms with Crippen molar-refractivity contribution in [3.05, 3.63) is 63.8 Å². The van der Waals surface area contributed by atoms with Gasteiger partial charge in [0.15, 0.2) is 5.78 Å². The van der Waals surface area contributed by atoms with Crippen LogP contribution in [0, 0.1) is 17.2 Å². The molecule has 3 aromatic rings. The lowest BCUT2D eigenvalue weighted by atomic mass is 9.70. The molecule has 0 radical (unpaired) electrons. The first-order chi connectivity index (χ1) is 16.9. The summed E-state index contributed by atoms with van der Waals surface area (Å²) in [6.07, 6.45) is 0.899. The average Bonchev–Trinajstić information content (AvgIpc) is 3.24. The summed E-state index contributed by atoms with van der Waals surface area (Å²) >= 11 is 0. The van der Waals surface area contributed by atoms with Gasteiger partial charge in [-0.3, -0.25) is 9.69 Å². The number of nitrogens with zero attached hydrogens (tertiary/aromatic N) is 3. The predicted molar refractivity (Wildman–Crippen MR) is 139 cm³/mol. The zero-order valence-corrected chi connectivity index (χ0v) is 20.9. The normalized spacial score (nSPS) is 19.8. The van der Waals surface area contributed by atoms with E-state index < -0.39 is 0 Å². The zero-order valence-electron chi connectivity index (χ0n) is 20.9. The molecule has 3 heterocycles. The van der Waals surface area contributed by atoms with Crippen molar-refractivity contribution >= 4 is 22.4 Å². The minimum atomic E-state index is -0.343. The van der Waals surface area contributed by atoms with Crippen LogP contribution in [0.4, 0.5) is 5.69 Å². The number of piperazine rings is 1. The van der Waals surface area contributed by atoms with Crippen molar-refractivity contribution in [3.8, 4) is 6.07 Å². The molecule has 2 saturated heterocycles. The summed E-state index contributed by atoms with van der Waals surface area (Å²) < 4.78 is 0. The van der Waals surface area contributed by atoms with Crippen LogP contribution in [0.2, 0.25) is 0 Å². The van der Waals surface area contributed by atoms with E-state index in [-0.39, 0.29) is 11.2 Å². The molecule has 6 heteroatoms. The van der Waals surface area contributed by atoms with Crippen LogP contribution in [-0.2, 0) is 11.8 Å². The SMILES string of the molecule is CCc1cc2c(cc1N1CCN(CC3CNC3)CC1)C(C)(C)c1[nH]c3cc(C#N)ccc3c1C2=O. The van der Waals surface area contributed by atoms with Crippen molar-refractivity contribution < 1.29 is 4.79 Å². The summed E-state index contributed by atoms with van der Waals surface area (Å²) in [5, 5.41) is 13.6. The van der Waals surface area contributed by atoms with Crippen molar-refractivity contribution in [1.29, 1.82) is 5.26 Å². The Morgan fingerprint density at radius 3 is 2.54 bits per heavy atom. The number of hydrogen-bond acceptors (Lipinski definition) is 5. The molecule has 2 aliphatic heterocycles. The second-order valence-electron chi connectivity index (χ2n) is 10.9. The molecule has 0 amide bonds. The van der Waals surface area contributed by atoms with Crippen LogP contribution in [0.3, 0.4) is 0 Å². The maximum absolute atomic E-state index is 13.9. The van der Waals surface area contributed by atoms with Crippen molar-refractivity contribution in [2.45, 2.75) is 32.6 Å². The van der Waals surface area contributed by atoms with Crippen LogP contribution in [-0.4, -0.2) is 61.5 Å². The number of nitriles is 1. The summed E-state index contributed by atoms with van der Waals surface area (Å²) in [7, 11) is 0.